The third-order valence-electron chi connectivity index (χ3n) is 5.25. The molecule has 0 N–H and O–H groups in total. The van der Waals surface area contributed by atoms with Crippen molar-refractivity contribution >= 4 is 0 Å². The minimum Gasteiger partial charge on any atom is -0.312 e. The van der Waals surface area contributed by atoms with Crippen LogP contribution >= 0.6 is 0 Å². The molecule has 1 aromatic heterocycles. The van der Waals surface area contributed by atoms with Crippen LogP contribution in [0.25, 0.3) is 28.1 Å². The highest BCUT2D eigenvalue weighted by Gasteiger charge is 2.31. The average molecular weight is 321 g/mol. The van der Waals surface area contributed by atoms with Crippen LogP contribution in [0.4, 0.5) is 0 Å². The van der Waals surface area contributed by atoms with Crippen molar-refractivity contribution in [3.8, 4) is 28.1 Å². The molecule has 2 heterocycles. The summed E-state index contributed by atoms with van der Waals surface area (Å²) in [6, 6.07) is 32.6. The number of aromatic nitrogens is 1. The first-order valence-electron chi connectivity index (χ1n) is 8.80. The van der Waals surface area contributed by atoms with E-state index in [4.69, 9.17) is 0 Å². The maximum Gasteiger partial charge on any atom is 0.0538 e. The lowest BCUT2D eigenvalue weighted by Gasteiger charge is -2.08. The van der Waals surface area contributed by atoms with Crippen molar-refractivity contribution in [2.75, 3.05) is 0 Å². The molecular formula is C24H19N. The number of para-hydroxylation sites is 1. The van der Waals surface area contributed by atoms with E-state index in [1.807, 2.05) is 0 Å². The van der Waals surface area contributed by atoms with E-state index >= 15 is 0 Å². The zero-order valence-corrected chi connectivity index (χ0v) is 14.2. The molecule has 4 aromatic rings. The maximum atomic E-state index is 2.46. The molecule has 1 aliphatic rings. The van der Waals surface area contributed by atoms with Crippen molar-refractivity contribution in [2.45, 2.75) is 12.8 Å². The van der Waals surface area contributed by atoms with Crippen molar-refractivity contribution in [3.05, 3.63) is 102 Å². The van der Waals surface area contributed by atoms with Gasteiger partial charge in [0.15, 0.2) is 0 Å². The summed E-state index contributed by atoms with van der Waals surface area (Å²) in [6.07, 6.45) is 0. The van der Waals surface area contributed by atoms with Crippen molar-refractivity contribution in [2.24, 2.45) is 0 Å². The predicted octanol–water partition coefficient (Wildman–Crippen LogP) is 6.28. The fourth-order valence-corrected chi connectivity index (χ4v) is 4.09. The highest BCUT2D eigenvalue weighted by molar-refractivity contribution is 5.80. The number of benzene rings is 3. The molecule has 25 heavy (non-hydrogen) atoms. The molecule has 0 fully saturated rings. The van der Waals surface area contributed by atoms with Gasteiger partial charge in [-0.05, 0) is 28.8 Å². The van der Waals surface area contributed by atoms with Gasteiger partial charge in [0.05, 0.1) is 5.69 Å². The summed E-state index contributed by atoms with van der Waals surface area (Å²) in [6.45, 7) is 2.32. The van der Waals surface area contributed by atoms with Crippen LogP contribution in [0.3, 0.4) is 0 Å². The molecule has 1 nitrogen and oxygen atoms in total. The SMILES string of the molecule is CC1c2ccccc2-n2c(-c3ccccc3)cc(-c3ccccc3)c21. The van der Waals surface area contributed by atoms with E-state index in [0.717, 1.165) is 0 Å². The topological polar surface area (TPSA) is 4.93 Å². The first-order chi connectivity index (χ1) is 12.3. The van der Waals surface area contributed by atoms with Gasteiger partial charge in [0.25, 0.3) is 0 Å². The standard InChI is InChI=1S/C24H19N/c1-17-20-14-8-9-15-22(20)25-23(19-12-6-3-7-13-19)16-21(24(17)25)18-10-4-2-5-11-18/h2-17H,1H3. The third-order valence-corrected chi connectivity index (χ3v) is 5.25. The van der Waals surface area contributed by atoms with Gasteiger partial charge in [0.1, 0.15) is 0 Å². The van der Waals surface area contributed by atoms with Crippen LogP contribution in [0.15, 0.2) is 91.0 Å². The Morgan fingerprint density at radius 2 is 1.28 bits per heavy atom. The predicted molar refractivity (Wildman–Crippen MR) is 104 cm³/mol. The zero-order valence-electron chi connectivity index (χ0n) is 14.2. The molecule has 1 heteroatoms. The minimum atomic E-state index is 0.392. The third kappa shape index (κ3) is 2.09. The summed E-state index contributed by atoms with van der Waals surface area (Å²) in [5.41, 5.74) is 9.27. The van der Waals surface area contributed by atoms with Gasteiger partial charge in [-0.25, -0.2) is 0 Å². The molecule has 120 valence electrons. The highest BCUT2D eigenvalue weighted by Crippen LogP contribution is 2.47. The number of hydrogen-bond acceptors (Lipinski definition) is 0. The van der Waals surface area contributed by atoms with Gasteiger partial charge in [0.2, 0.25) is 0 Å². The van der Waals surface area contributed by atoms with Crippen molar-refractivity contribution in [1.82, 2.24) is 4.57 Å². The normalized spacial score (nSPS) is 15.0. The van der Waals surface area contributed by atoms with Gasteiger partial charge in [-0.2, -0.15) is 0 Å². The van der Waals surface area contributed by atoms with Gasteiger partial charge < -0.3 is 4.57 Å². The molecule has 0 saturated carbocycles. The lowest BCUT2D eigenvalue weighted by Crippen LogP contribution is -1.96. The Morgan fingerprint density at radius 3 is 2.00 bits per heavy atom. The first kappa shape index (κ1) is 14.3. The molecule has 0 radical (unpaired) electrons. The van der Waals surface area contributed by atoms with E-state index in [-0.39, 0.29) is 0 Å². The Hall–Kier alpha value is -3.06. The van der Waals surface area contributed by atoms with Crippen LogP contribution in [0.2, 0.25) is 0 Å². The molecule has 3 aromatic carbocycles. The van der Waals surface area contributed by atoms with E-state index in [1.54, 1.807) is 0 Å². The van der Waals surface area contributed by atoms with Crippen LogP contribution in [0, 0.1) is 0 Å². The minimum absolute atomic E-state index is 0.392. The quantitative estimate of drug-likeness (QED) is 0.409. The van der Waals surface area contributed by atoms with E-state index in [2.05, 4.69) is 102 Å². The van der Waals surface area contributed by atoms with Crippen LogP contribution in [0.1, 0.15) is 24.1 Å². The van der Waals surface area contributed by atoms with E-state index in [0.29, 0.717) is 5.92 Å². The number of hydrogen-bond donors (Lipinski definition) is 0. The molecule has 0 bridgehead atoms. The zero-order chi connectivity index (χ0) is 16.8. The van der Waals surface area contributed by atoms with Gasteiger partial charge in [0, 0.05) is 22.9 Å². The number of rotatable bonds is 2. The van der Waals surface area contributed by atoms with Crippen molar-refractivity contribution in [1.29, 1.82) is 0 Å². The monoisotopic (exact) mass is 321 g/mol. The second kappa shape index (κ2) is 5.49. The molecule has 5 rings (SSSR count). The Kier molecular flexibility index (Phi) is 3.14. The Bertz CT molecular complexity index is 1040. The molecular weight excluding hydrogens is 302 g/mol. The fourth-order valence-electron chi connectivity index (χ4n) is 4.09. The van der Waals surface area contributed by atoms with Gasteiger partial charge in [-0.1, -0.05) is 85.8 Å². The van der Waals surface area contributed by atoms with Crippen LogP contribution < -0.4 is 0 Å². The Labute approximate surface area is 148 Å². The summed E-state index contributed by atoms with van der Waals surface area (Å²) >= 11 is 0. The van der Waals surface area contributed by atoms with E-state index < -0.39 is 0 Å². The number of fused-ring (bicyclic) bond motifs is 3. The summed E-state index contributed by atoms with van der Waals surface area (Å²) in [5.74, 6) is 0.392. The lowest BCUT2D eigenvalue weighted by molar-refractivity contribution is 0.913. The van der Waals surface area contributed by atoms with Gasteiger partial charge in [-0.3, -0.25) is 0 Å². The molecule has 0 saturated heterocycles. The first-order valence-corrected chi connectivity index (χ1v) is 8.80. The van der Waals surface area contributed by atoms with Crippen molar-refractivity contribution in [3.63, 3.8) is 0 Å². The lowest BCUT2D eigenvalue weighted by atomic mass is 9.94. The second-order valence-corrected chi connectivity index (χ2v) is 6.68. The smallest absolute Gasteiger partial charge is 0.0538 e. The molecule has 1 unspecified atom stereocenters. The highest BCUT2D eigenvalue weighted by atomic mass is 15.0. The molecule has 0 spiro atoms. The Morgan fingerprint density at radius 1 is 0.680 bits per heavy atom. The van der Waals surface area contributed by atoms with Crippen molar-refractivity contribution < 1.29 is 0 Å². The molecule has 1 atom stereocenters. The Balaban J connectivity index is 1.85. The molecule has 1 aliphatic heterocycles. The summed E-state index contributed by atoms with van der Waals surface area (Å²) < 4.78 is 2.46. The van der Waals surface area contributed by atoms with Gasteiger partial charge >= 0.3 is 0 Å². The van der Waals surface area contributed by atoms with Crippen LogP contribution in [-0.4, -0.2) is 4.57 Å². The second-order valence-electron chi connectivity index (χ2n) is 6.68. The van der Waals surface area contributed by atoms with Crippen LogP contribution in [0.5, 0.6) is 0 Å². The number of nitrogens with zero attached hydrogens (tertiary/aromatic N) is 1. The summed E-state index contributed by atoms with van der Waals surface area (Å²) in [5, 5.41) is 0. The van der Waals surface area contributed by atoms with Crippen LogP contribution in [-0.2, 0) is 0 Å². The summed E-state index contributed by atoms with van der Waals surface area (Å²) in [4.78, 5) is 0. The molecule has 0 aliphatic carbocycles. The summed E-state index contributed by atoms with van der Waals surface area (Å²) in [7, 11) is 0. The largest absolute Gasteiger partial charge is 0.312 e. The van der Waals surface area contributed by atoms with E-state index in [9.17, 15) is 0 Å². The maximum absolute atomic E-state index is 2.46. The van der Waals surface area contributed by atoms with Gasteiger partial charge in [-0.15, -0.1) is 0 Å². The average Bonchev–Trinajstić information content (AvgIpc) is 3.21. The van der Waals surface area contributed by atoms with E-state index in [1.165, 1.54) is 39.3 Å². The fraction of sp³-hybridized carbons (Fsp3) is 0.0833. The molecule has 0 amide bonds.